The van der Waals surface area contributed by atoms with Crippen LogP contribution in [0, 0.1) is 0 Å². The Bertz CT molecular complexity index is 769. The number of aliphatic hydroxyl groups excluding tert-OH is 1. The molecule has 2 atom stereocenters. The summed E-state index contributed by atoms with van der Waals surface area (Å²) < 4.78 is 5.36. The summed E-state index contributed by atoms with van der Waals surface area (Å²) in [4.78, 5) is 7.85. The summed E-state index contributed by atoms with van der Waals surface area (Å²) in [5.74, 6) is 0. The molecule has 0 bridgehead atoms. The van der Waals surface area contributed by atoms with Crippen LogP contribution in [-0.4, -0.2) is 54.2 Å². The largest absolute Gasteiger partial charge is 0.390 e. The van der Waals surface area contributed by atoms with Gasteiger partial charge in [0.2, 0.25) is 0 Å². The molecule has 3 rings (SSSR count). The molecule has 0 aliphatic carbocycles. The van der Waals surface area contributed by atoms with Crippen molar-refractivity contribution < 1.29 is 14.7 Å². The lowest BCUT2D eigenvalue weighted by atomic mass is 10.0. The van der Waals surface area contributed by atoms with Gasteiger partial charge in [0.05, 0.1) is 18.4 Å². The van der Waals surface area contributed by atoms with Crippen LogP contribution in [0.25, 0.3) is 0 Å². The van der Waals surface area contributed by atoms with Gasteiger partial charge in [0.1, 0.15) is 6.10 Å². The highest BCUT2D eigenvalue weighted by atomic mass is 35.5. The maximum Gasteiger partial charge on any atom is 0.145 e. The van der Waals surface area contributed by atoms with Crippen LogP contribution in [0.3, 0.4) is 0 Å². The van der Waals surface area contributed by atoms with E-state index in [-0.39, 0.29) is 6.10 Å². The van der Waals surface area contributed by atoms with E-state index in [0.29, 0.717) is 37.9 Å². The number of nitrogens with zero attached hydrogens (tertiary/aromatic N) is 2. The third kappa shape index (κ3) is 6.31. The van der Waals surface area contributed by atoms with E-state index < -0.39 is 6.10 Å². The van der Waals surface area contributed by atoms with Gasteiger partial charge in [0, 0.05) is 37.7 Å². The van der Waals surface area contributed by atoms with Gasteiger partial charge in [-0.1, -0.05) is 59.2 Å². The van der Waals surface area contributed by atoms with E-state index in [1.807, 2.05) is 61.5 Å². The molecule has 0 fully saturated rings. The van der Waals surface area contributed by atoms with Crippen LogP contribution in [0.4, 0.5) is 0 Å². The first-order valence-electron chi connectivity index (χ1n) is 9.64. The van der Waals surface area contributed by atoms with E-state index in [2.05, 4.69) is 10.1 Å². The minimum absolute atomic E-state index is 0.0475. The third-order valence-electron chi connectivity index (χ3n) is 4.58. The quantitative estimate of drug-likeness (QED) is 0.657. The predicted molar refractivity (Wildman–Crippen MR) is 112 cm³/mol. The van der Waals surface area contributed by atoms with Gasteiger partial charge in [0.25, 0.3) is 0 Å². The molecular weight excluding hydrogens is 376 g/mol. The van der Waals surface area contributed by atoms with Gasteiger partial charge in [-0.2, -0.15) is 0 Å². The average molecular weight is 403 g/mol. The first-order chi connectivity index (χ1) is 13.6. The van der Waals surface area contributed by atoms with Gasteiger partial charge >= 0.3 is 0 Å². The molecule has 28 heavy (non-hydrogen) atoms. The maximum atomic E-state index is 10.3. The summed E-state index contributed by atoms with van der Waals surface area (Å²) in [6.07, 6.45) is 0.140. The molecule has 0 saturated carbocycles. The van der Waals surface area contributed by atoms with Crippen LogP contribution in [0.5, 0.6) is 0 Å². The Balaban J connectivity index is 1.62. The van der Waals surface area contributed by atoms with Crippen molar-refractivity contribution in [1.82, 2.24) is 4.90 Å². The summed E-state index contributed by atoms with van der Waals surface area (Å²) in [6, 6.07) is 17.9. The fourth-order valence-electron chi connectivity index (χ4n) is 3.32. The second-order valence-corrected chi connectivity index (χ2v) is 7.41. The summed E-state index contributed by atoms with van der Waals surface area (Å²) >= 11 is 6.13. The number of halogens is 1. The van der Waals surface area contributed by atoms with Crippen molar-refractivity contribution in [2.75, 3.05) is 26.3 Å². The topological polar surface area (TPSA) is 54.3 Å². The molecule has 1 heterocycles. The molecule has 5 nitrogen and oxygen atoms in total. The highest BCUT2D eigenvalue weighted by Crippen LogP contribution is 2.19. The summed E-state index contributed by atoms with van der Waals surface area (Å²) in [5, 5.41) is 15.3. The van der Waals surface area contributed by atoms with Gasteiger partial charge in [-0.15, -0.1) is 0 Å². The van der Waals surface area contributed by atoms with Crippen LogP contribution in [0.1, 0.15) is 24.5 Å². The molecule has 2 aromatic carbocycles. The molecule has 1 aliphatic heterocycles. The molecule has 0 amide bonds. The molecule has 0 aromatic heterocycles. The van der Waals surface area contributed by atoms with Crippen molar-refractivity contribution in [3.8, 4) is 0 Å². The maximum absolute atomic E-state index is 10.3. The van der Waals surface area contributed by atoms with E-state index >= 15 is 0 Å². The Labute approximate surface area is 171 Å². The Morgan fingerprint density at radius 2 is 2.07 bits per heavy atom. The lowest BCUT2D eigenvalue weighted by molar-refractivity contribution is 0.000496. The highest BCUT2D eigenvalue weighted by Gasteiger charge is 2.25. The van der Waals surface area contributed by atoms with E-state index in [1.54, 1.807) is 0 Å². The van der Waals surface area contributed by atoms with Gasteiger partial charge < -0.3 is 14.7 Å². The van der Waals surface area contributed by atoms with Crippen molar-refractivity contribution in [3.05, 3.63) is 70.7 Å². The lowest BCUT2D eigenvalue weighted by Gasteiger charge is -2.27. The van der Waals surface area contributed by atoms with Crippen LogP contribution in [-0.2, 0) is 16.1 Å². The monoisotopic (exact) mass is 402 g/mol. The fraction of sp³-hybridized carbons (Fsp3) is 0.409. The molecule has 1 aliphatic rings. The number of rotatable bonds is 10. The van der Waals surface area contributed by atoms with Crippen molar-refractivity contribution in [3.63, 3.8) is 0 Å². The Kier molecular flexibility index (Phi) is 7.86. The number of benzene rings is 2. The van der Waals surface area contributed by atoms with Crippen molar-refractivity contribution in [1.29, 1.82) is 0 Å². The van der Waals surface area contributed by atoms with Gasteiger partial charge in [-0.25, -0.2) is 0 Å². The average Bonchev–Trinajstić information content (AvgIpc) is 3.15. The number of hydrogen-bond donors (Lipinski definition) is 1. The Hall–Kier alpha value is -1.92. The molecule has 0 radical (unpaired) electrons. The normalized spacial score (nSPS) is 17.4. The standard InChI is InChI=1S/C22H27ClN2O3/c1-2-27-16-20(26)14-25(13-17-7-6-10-19(23)11-17)15-21-12-22(24-28-21)18-8-4-3-5-9-18/h3-11,20-21,26H,2,12-16H2,1H3/t20-,21+/m0/s1. The Morgan fingerprint density at radius 3 is 2.82 bits per heavy atom. The number of oxime groups is 1. The van der Waals surface area contributed by atoms with Gasteiger partial charge in [-0.3, -0.25) is 4.90 Å². The number of hydrogen-bond acceptors (Lipinski definition) is 5. The van der Waals surface area contributed by atoms with E-state index in [0.717, 1.165) is 23.3 Å². The molecule has 150 valence electrons. The van der Waals surface area contributed by atoms with Crippen molar-refractivity contribution in [2.24, 2.45) is 5.16 Å². The number of aliphatic hydroxyl groups is 1. The van der Waals surface area contributed by atoms with E-state index in [4.69, 9.17) is 21.2 Å². The van der Waals surface area contributed by atoms with Crippen molar-refractivity contribution >= 4 is 17.3 Å². The van der Waals surface area contributed by atoms with Crippen molar-refractivity contribution in [2.45, 2.75) is 32.1 Å². The minimum atomic E-state index is -0.560. The Morgan fingerprint density at radius 1 is 1.25 bits per heavy atom. The fourth-order valence-corrected chi connectivity index (χ4v) is 3.53. The smallest absolute Gasteiger partial charge is 0.145 e. The molecular formula is C22H27ClN2O3. The van der Waals surface area contributed by atoms with Crippen LogP contribution in [0.2, 0.25) is 5.02 Å². The zero-order chi connectivity index (χ0) is 19.8. The first-order valence-corrected chi connectivity index (χ1v) is 10.0. The zero-order valence-electron chi connectivity index (χ0n) is 16.1. The first kappa shape index (κ1) is 20.8. The van der Waals surface area contributed by atoms with Crippen LogP contribution >= 0.6 is 11.6 Å². The second-order valence-electron chi connectivity index (χ2n) is 6.97. The SMILES string of the molecule is CCOC[C@@H](O)CN(Cc1cccc(Cl)c1)C[C@H]1CC(c2ccccc2)=NO1. The molecule has 6 heteroatoms. The van der Waals surface area contributed by atoms with Crippen LogP contribution < -0.4 is 0 Å². The molecule has 0 unspecified atom stereocenters. The zero-order valence-corrected chi connectivity index (χ0v) is 16.9. The lowest BCUT2D eigenvalue weighted by Crippen LogP contribution is -2.39. The van der Waals surface area contributed by atoms with Gasteiger partial charge in [-0.05, 0) is 30.2 Å². The third-order valence-corrected chi connectivity index (χ3v) is 4.82. The minimum Gasteiger partial charge on any atom is -0.390 e. The molecule has 2 aromatic rings. The summed E-state index contributed by atoms with van der Waals surface area (Å²) in [7, 11) is 0. The molecule has 0 spiro atoms. The molecule has 1 N–H and O–H groups in total. The summed E-state index contributed by atoms with van der Waals surface area (Å²) in [5.41, 5.74) is 3.14. The van der Waals surface area contributed by atoms with Crippen LogP contribution in [0.15, 0.2) is 59.8 Å². The van der Waals surface area contributed by atoms with E-state index in [9.17, 15) is 5.11 Å². The number of ether oxygens (including phenoxy) is 1. The molecule has 0 saturated heterocycles. The highest BCUT2D eigenvalue weighted by molar-refractivity contribution is 6.30. The van der Waals surface area contributed by atoms with E-state index in [1.165, 1.54) is 0 Å². The summed E-state index contributed by atoms with van der Waals surface area (Å²) in [6.45, 7) is 4.66. The predicted octanol–water partition coefficient (Wildman–Crippen LogP) is 3.73. The second kappa shape index (κ2) is 10.6. The van der Waals surface area contributed by atoms with Gasteiger partial charge in [0.15, 0.2) is 0 Å².